The minimum Gasteiger partial charge on any atom is -0.324 e. The SMILES string of the molecule is O=C(CN1CCNCC1Cc1ccccc1)Nc1c2c(nc3ccccc13)CCCC2. The van der Waals surface area contributed by atoms with Gasteiger partial charge in [-0.05, 0) is 49.3 Å². The molecule has 5 heteroatoms. The second-order valence-electron chi connectivity index (χ2n) is 8.70. The molecule has 1 amide bonds. The molecule has 2 N–H and O–H groups in total. The van der Waals surface area contributed by atoms with Gasteiger partial charge in [-0.1, -0.05) is 48.5 Å². The first-order chi connectivity index (χ1) is 15.3. The van der Waals surface area contributed by atoms with E-state index < -0.39 is 0 Å². The predicted molar refractivity (Wildman–Crippen MR) is 125 cm³/mol. The molecule has 0 radical (unpaired) electrons. The van der Waals surface area contributed by atoms with Crippen molar-refractivity contribution >= 4 is 22.5 Å². The summed E-state index contributed by atoms with van der Waals surface area (Å²) in [6.45, 7) is 3.15. The van der Waals surface area contributed by atoms with Gasteiger partial charge in [-0.3, -0.25) is 14.7 Å². The Kier molecular flexibility index (Phi) is 5.96. The van der Waals surface area contributed by atoms with Crippen LogP contribution in [0.15, 0.2) is 54.6 Å². The average Bonchev–Trinajstić information content (AvgIpc) is 2.81. The largest absolute Gasteiger partial charge is 0.324 e. The van der Waals surface area contributed by atoms with Gasteiger partial charge in [0.15, 0.2) is 0 Å². The minimum atomic E-state index is 0.0732. The van der Waals surface area contributed by atoms with Crippen LogP contribution in [-0.2, 0) is 24.1 Å². The van der Waals surface area contributed by atoms with Gasteiger partial charge < -0.3 is 10.6 Å². The van der Waals surface area contributed by atoms with Crippen LogP contribution in [0.4, 0.5) is 5.69 Å². The zero-order valence-corrected chi connectivity index (χ0v) is 17.9. The van der Waals surface area contributed by atoms with E-state index in [1.54, 1.807) is 0 Å². The smallest absolute Gasteiger partial charge is 0.238 e. The number of pyridine rings is 1. The molecule has 3 aromatic rings. The highest BCUT2D eigenvalue weighted by atomic mass is 16.2. The Labute approximate surface area is 183 Å². The summed E-state index contributed by atoms with van der Waals surface area (Å²) in [5, 5.41) is 7.85. The molecule has 1 atom stereocenters. The normalized spacial score (nSPS) is 19.2. The lowest BCUT2D eigenvalue weighted by Gasteiger charge is -2.36. The van der Waals surface area contributed by atoms with Crippen molar-refractivity contribution in [2.24, 2.45) is 0 Å². The molecule has 2 aliphatic rings. The summed E-state index contributed by atoms with van der Waals surface area (Å²) < 4.78 is 0. The van der Waals surface area contributed by atoms with Gasteiger partial charge in [-0.15, -0.1) is 0 Å². The van der Waals surface area contributed by atoms with Gasteiger partial charge in [-0.2, -0.15) is 0 Å². The van der Waals surface area contributed by atoms with E-state index in [9.17, 15) is 4.79 Å². The average molecular weight is 415 g/mol. The van der Waals surface area contributed by atoms with Gasteiger partial charge in [0, 0.05) is 36.8 Å². The summed E-state index contributed by atoms with van der Waals surface area (Å²) in [5.41, 5.74) is 5.67. The molecule has 0 bridgehead atoms. The van der Waals surface area contributed by atoms with E-state index >= 15 is 0 Å². The molecular formula is C26H30N4O. The van der Waals surface area contributed by atoms with Crippen molar-refractivity contribution in [3.63, 3.8) is 0 Å². The predicted octanol–water partition coefficient (Wildman–Crippen LogP) is 3.57. The second kappa shape index (κ2) is 9.16. The molecule has 1 saturated heterocycles. The summed E-state index contributed by atoms with van der Waals surface area (Å²) in [5.74, 6) is 0.0732. The number of aromatic nitrogens is 1. The number of nitrogens with zero attached hydrogens (tertiary/aromatic N) is 2. The van der Waals surface area contributed by atoms with Crippen molar-refractivity contribution < 1.29 is 4.79 Å². The Bertz CT molecular complexity index is 1070. The molecule has 1 aliphatic carbocycles. The maximum Gasteiger partial charge on any atom is 0.238 e. The first-order valence-electron chi connectivity index (χ1n) is 11.5. The molecule has 1 unspecified atom stereocenters. The summed E-state index contributed by atoms with van der Waals surface area (Å²) in [7, 11) is 0. The number of anilines is 1. The topological polar surface area (TPSA) is 57.3 Å². The van der Waals surface area contributed by atoms with Crippen molar-refractivity contribution in [1.29, 1.82) is 0 Å². The molecule has 0 saturated carbocycles. The molecule has 1 aliphatic heterocycles. The van der Waals surface area contributed by atoms with Crippen molar-refractivity contribution in [3.8, 4) is 0 Å². The number of nitrogens with one attached hydrogen (secondary N) is 2. The molecular weight excluding hydrogens is 384 g/mol. The number of rotatable bonds is 5. The number of fused-ring (bicyclic) bond motifs is 2. The second-order valence-corrected chi connectivity index (χ2v) is 8.70. The number of aryl methyl sites for hydroxylation is 1. The van der Waals surface area contributed by atoms with Crippen LogP contribution >= 0.6 is 0 Å². The van der Waals surface area contributed by atoms with Gasteiger partial charge in [0.2, 0.25) is 5.91 Å². The van der Waals surface area contributed by atoms with Crippen LogP contribution in [0.3, 0.4) is 0 Å². The quantitative estimate of drug-likeness (QED) is 0.670. The number of hydrogen-bond donors (Lipinski definition) is 2. The lowest BCUT2D eigenvalue weighted by Crippen LogP contribution is -2.54. The number of hydrogen-bond acceptors (Lipinski definition) is 4. The molecule has 5 nitrogen and oxygen atoms in total. The molecule has 31 heavy (non-hydrogen) atoms. The number of piperazine rings is 1. The van der Waals surface area contributed by atoms with Crippen LogP contribution in [0, 0.1) is 0 Å². The van der Waals surface area contributed by atoms with Gasteiger partial charge in [0.05, 0.1) is 17.7 Å². The number of carbonyl (C=O) groups excluding carboxylic acids is 1. The first-order valence-corrected chi connectivity index (χ1v) is 11.5. The molecule has 2 aromatic carbocycles. The van der Waals surface area contributed by atoms with Crippen LogP contribution in [-0.4, -0.2) is 48.0 Å². The fourth-order valence-corrected chi connectivity index (χ4v) is 4.98. The van der Waals surface area contributed by atoms with Gasteiger partial charge in [0.25, 0.3) is 0 Å². The summed E-state index contributed by atoms with van der Waals surface area (Å²) in [6, 6.07) is 19.1. The van der Waals surface area contributed by atoms with Crippen LogP contribution in [0.1, 0.15) is 29.7 Å². The van der Waals surface area contributed by atoms with E-state index in [0.29, 0.717) is 12.6 Å². The molecule has 5 rings (SSSR count). The Hall–Kier alpha value is -2.76. The Balaban J connectivity index is 1.36. The Morgan fingerprint density at radius 1 is 1.06 bits per heavy atom. The van der Waals surface area contributed by atoms with E-state index in [0.717, 1.165) is 67.6 Å². The maximum atomic E-state index is 13.2. The minimum absolute atomic E-state index is 0.0732. The van der Waals surface area contributed by atoms with Crippen LogP contribution < -0.4 is 10.6 Å². The Morgan fingerprint density at radius 3 is 2.77 bits per heavy atom. The lowest BCUT2D eigenvalue weighted by atomic mass is 9.92. The highest BCUT2D eigenvalue weighted by Gasteiger charge is 2.25. The van der Waals surface area contributed by atoms with Crippen LogP contribution in [0.25, 0.3) is 10.9 Å². The maximum absolute atomic E-state index is 13.2. The zero-order valence-electron chi connectivity index (χ0n) is 17.9. The van der Waals surface area contributed by atoms with Gasteiger partial charge in [0.1, 0.15) is 0 Å². The van der Waals surface area contributed by atoms with Crippen LogP contribution in [0.5, 0.6) is 0 Å². The summed E-state index contributed by atoms with van der Waals surface area (Å²) in [6.07, 6.45) is 5.28. The van der Waals surface area contributed by atoms with Crippen molar-refractivity contribution in [1.82, 2.24) is 15.2 Å². The standard InChI is InChI=1S/C26H30N4O/c31-25(18-30-15-14-27-17-20(30)16-19-8-2-1-3-9-19)29-26-21-10-4-6-12-23(21)28-24-13-7-5-11-22(24)26/h1-4,6,8-10,12,20,27H,5,7,11,13-18H2,(H,28,29,31). The number of para-hydroxylation sites is 1. The zero-order chi connectivity index (χ0) is 21.0. The number of benzene rings is 2. The molecule has 1 fully saturated rings. The van der Waals surface area contributed by atoms with E-state index in [-0.39, 0.29) is 5.91 Å². The fourth-order valence-electron chi connectivity index (χ4n) is 4.98. The summed E-state index contributed by atoms with van der Waals surface area (Å²) >= 11 is 0. The number of carbonyl (C=O) groups is 1. The molecule has 0 spiro atoms. The highest BCUT2D eigenvalue weighted by molar-refractivity contribution is 6.03. The van der Waals surface area contributed by atoms with E-state index in [4.69, 9.17) is 4.98 Å². The van der Waals surface area contributed by atoms with Gasteiger partial charge in [-0.25, -0.2) is 0 Å². The van der Waals surface area contributed by atoms with Crippen molar-refractivity contribution in [3.05, 3.63) is 71.4 Å². The third-order valence-corrected chi connectivity index (χ3v) is 6.57. The van der Waals surface area contributed by atoms with E-state index in [2.05, 4.69) is 45.9 Å². The summed E-state index contributed by atoms with van der Waals surface area (Å²) in [4.78, 5) is 20.4. The lowest BCUT2D eigenvalue weighted by molar-refractivity contribution is -0.118. The third-order valence-electron chi connectivity index (χ3n) is 6.57. The molecule has 160 valence electrons. The third kappa shape index (κ3) is 4.48. The van der Waals surface area contributed by atoms with Gasteiger partial charge >= 0.3 is 0 Å². The van der Waals surface area contributed by atoms with Crippen molar-refractivity contribution in [2.45, 2.75) is 38.1 Å². The van der Waals surface area contributed by atoms with E-state index in [1.807, 2.05) is 24.3 Å². The van der Waals surface area contributed by atoms with E-state index in [1.165, 1.54) is 17.5 Å². The monoisotopic (exact) mass is 414 g/mol. The fraction of sp³-hybridized carbons (Fsp3) is 0.385. The molecule has 2 heterocycles. The van der Waals surface area contributed by atoms with Crippen molar-refractivity contribution in [2.75, 3.05) is 31.5 Å². The Morgan fingerprint density at radius 2 is 1.87 bits per heavy atom. The molecule has 1 aromatic heterocycles. The number of amides is 1. The first kappa shape index (κ1) is 20.2. The highest BCUT2D eigenvalue weighted by Crippen LogP contribution is 2.33. The van der Waals surface area contributed by atoms with Crippen LogP contribution in [0.2, 0.25) is 0 Å².